The Hall–Kier alpha value is -3.82. The van der Waals surface area contributed by atoms with E-state index >= 15 is 0 Å². The van der Waals surface area contributed by atoms with E-state index in [0.717, 1.165) is 37.8 Å². The Morgan fingerprint density at radius 2 is 1.66 bits per heavy atom. The van der Waals surface area contributed by atoms with Crippen molar-refractivity contribution in [1.82, 2.24) is 25.1 Å². The van der Waals surface area contributed by atoms with Gasteiger partial charge in [0.25, 0.3) is 0 Å². The number of rotatable bonds is 5. The highest BCUT2D eigenvalue weighted by Gasteiger charge is 2.21. The largest absolute Gasteiger partial charge is 0.465 e. The van der Waals surface area contributed by atoms with Crippen LogP contribution in [-0.2, 0) is 4.74 Å². The summed E-state index contributed by atoms with van der Waals surface area (Å²) >= 11 is 0. The van der Waals surface area contributed by atoms with E-state index in [1.54, 1.807) is 48.9 Å². The maximum absolute atomic E-state index is 11.5. The lowest BCUT2D eigenvalue weighted by Crippen LogP contribution is -2.47. The molecule has 0 unspecified atom stereocenters. The summed E-state index contributed by atoms with van der Waals surface area (Å²) in [5.41, 5.74) is 1.27. The van der Waals surface area contributed by atoms with Gasteiger partial charge in [-0.25, -0.2) is 14.8 Å². The monoisotopic (exact) mass is 392 g/mol. The highest BCUT2D eigenvalue weighted by Crippen LogP contribution is 2.18. The molecule has 29 heavy (non-hydrogen) atoms. The van der Waals surface area contributed by atoms with Crippen molar-refractivity contribution >= 4 is 29.4 Å². The number of esters is 1. The number of anilines is 4. The molecule has 2 aromatic heterocycles. The normalized spacial score (nSPS) is 13.8. The number of nitrogens with one attached hydrogen (secondary N) is 1. The Morgan fingerprint density at radius 1 is 1.00 bits per heavy atom. The Bertz CT molecular complexity index is 959. The average molecular weight is 392 g/mol. The van der Waals surface area contributed by atoms with Crippen LogP contribution in [0.15, 0.2) is 48.9 Å². The number of hydrogen-bond acceptors (Lipinski definition) is 10. The molecule has 10 heteroatoms. The number of piperazine rings is 1. The van der Waals surface area contributed by atoms with Crippen molar-refractivity contribution in [1.29, 1.82) is 0 Å². The standard InChI is InChI=1S/C19H20N8O2/c1-29-17(28)14-3-5-15(6-4-14)23-16-13-22-25-19(24-16)27-11-9-26(10-12-27)18-20-7-2-8-21-18/h2-8,13H,9-12H2,1H3,(H,23,24,25). The van der Waals surface area contributed by atoms with Crippen LogP contribution < -0.4 is 15.1 Å². The van der Waals surface area contributed by atoms with E-state index in [0.29, 0.717) is 17.3 Å². The molecule has 1 aliphatic heterocycles. The van der Waals surface area contributed by atoms with Crippen molar-refractivity contribution in [3.05, 3.63) is 54.5 Å². The number of nitrogens with zero attached hydrogens (tertiary/aromatic N) is 7. The minimum atomic E-state index is -0.373. The summed E-state index contributed by atoms with van der Waals surface area (Å²) in [4.78, 5) is 28.9. The quantitative estimate of drug-likeness (QED) is 0.642. The second kappa shape index (κ2) is 8.46. The molecule has 3 aromatic rings. The van der Waals surface area contributed by atoms with Gasteiger partial charge in [-0.3, -0.25) is 0 Å². The Balaban J connectivity index is 1.39. The predicted molar refractivity (Wildman–Crippen MR) is 107 cm³/mol. The SMILES string of the molecule is COC(=O)c1ccc(Nc2cnnc(N3CCN(c4ncccn4)CC3)n2)cc1. The van der Waals surface area contributed by atoms with Gasteiger partial charge in [0.15, 0.2) is 5.82 Å². The molecule has 0 bridgehead atoms. The molecule has 3 heterocycles. The van der Waals surface area contributed by atoms with Gasteiger partial charge in [-0.2, -0.15) is 10.1 Å². The summed E-state index contributed by atoms with van der Waals surface area (Å²) in [7, 11) is 1.36. The van der Waals surface area contributed by atoms with E-state index in [1.807, 2.05) is 0 Å². The topological polar surface area (TPSA) is 109 Å². The Kier molecular flexibility index (Phi) is 5.41. The first-order valence-electron chi connectivity index (χ1n) is 9.15. The fraction of sp³-hybridized carbons (Fsp3) is 0.263. The van der Waals surface area contributed by atoms with Gasteiger partial charge < -0.3 is 19.9 Å². The van der Waals surface area contributed by atoms with Crippen LogP contribution in [-0.4, -0.2) is 64.4 Å². The van der Waals surface area contributed by atoms with Gasteiger partial charge in [-0.15, -0.1) is 5.10 Å². The van der Waals surface area contributed by atoms with Crippen LogP contribution in [0.2, 0.25) is 0 Å². The van der Waals surface area contributed by atoms with Crippen LogP contribution in [0.1, 0.15) is 10.4 Å². The van der Waals surface area contributed by atoms with Crippen molar-refractivity contribution in [2.45, 2.75) is 0 Å². The van der Waals surface area contributed by atoms with E-state index in [-0.39, 0.29) is 5.97 Å². The van der Waals surface area contributed by atoms with Crippen molar-refractivity contribution in [3.63, 3.8) is 0 Å². The fourth-order valence-electron chi connectivity index (χ4n) is 3.00. The van der Waals surface area contributed by atoms with E-state index in [2.05, 4.69) is 40.3 Å². The molecule has 148 valence electrons. The maximum Gasteiger partial charge on any atom is 0.337 e. The van der Waals surface area contributed by atoms with Gasteiger partial charge in [0.05, 0.1) is 18.9 Å². The van der Waals surface area contributed by atoms with Crippen molar-refractivity contribution in [3.8, 4) is 0 Å². The molecule has 0 amide bonds. The summed E-state index contributed by atoms with van der Waals surface area (Å²) in [6, 6.07) is 8.75. The van der Waals surface area contributed by atoms with Crippen LogP contribution >= 0.6 is 0 Å². The van der Waals surface area contributed by atoms with Crippen LogP contribution in [0, 0.1) is 0 Å². The lowest BCUT2D eigenvalue weighted by atomic mass is 10.2. The van der Waals surface area contributed by atoms with E-state index in [9.17, 15) is 4.79 Å². The molecule has 0 aliphatic carbocycles. The van der Waals surface area contributed by atoms with Gasteiger partial charge in [-0.05, 0) is 30.3 Å². The minimum absolute atomic E-state index is 0.373. The smallest absolute Gasteiger partial charge is 0.337 e. The van der Waals surface area contributed by atoms with E-state index < -0.39 is 0 Å². The molecular weight excluding hydrogens is 372 g/mol. The van der Waals surface area contributed by atoms with E-state index in [4.69, 9.17) is 4.74 Å². The van der Waals surface area contributed by atoms with E-state index in [1.165, 1.54) is 7.11 Å². The number of hydrogen-bond donors (Lipinski definition) is 1. The van der Waals surface area contributed by atoms with Gasteiger partial charge in [0.2, 0.25) is 11.9 Å². The van der Waals surface area contributed by atoms with Crippen molar-refractivity contribution < 1.29 is 9.53 Å². The Morgan fingerprint density at radius 3 is 2.31 bits per heavy atom. The van der Waals surface area contributed by atoms with Crippen LogP contribution in [0.5, 0.6) is 0 Å². The number of carbonyl (C=O) groups excluding carboxylic acids is 1. The van der Waals surface area contributed by atoms with Gasteiger partial charge in [-0.1, -0.05) is 0 Å². The molecule has 1 fully saturated rings. The van der Waals surface area contributed by atoms with Crippen LogP contribution in [0.3, 0.4) is 0 Å². The lowest BCUT2D eigenvalue weighted by molar-refractivity contribution is 0.0601. The third-order valence-electron chi connectivity index (χ3n) is 4.52. The molecule has 1 saturated heterocycles. The molecule has 4 rings (SSSR count). The van der Waals surface area contributed by atoms with Gasteiger partial charge in [0.1, 0.15) is 0 Å². The molecule has 1 aromatic carbocycles. The number of methoxy groups -OCH3 is 1. The first-order valence-corrected chi connectivity index (χ1v) is 9.15. The predicted octanol–water partition coefficient (Wildman–Crippen LogP) is 1.52. The first-order chi connectivity index (χ1) is 14.2. The summed E-state index contributed by atoms with van der Waals surface area (Å²) < 4.78 is 4.71. The summed E-state index contributed by atoms with van der Waals surface area (Å²) in [5, 5.41) is 11.4. The minimum Gasteiger partial charge on any atom is -0.465 e. The van der Waals surface area contributed by atoms with Crippen molar-refractivity contribution in [2.24, 2.45) is 0 Å². The molecule has 1 N–H and O–H groups in total. The summed E-state index contributed by atoms with van der Waals surface area (Å²) in [5.74, 6) is 1.50. The zero-order chi connectivity index (χ0) is 20.1. The zero-order valence-corrected chi connectivity index (χ0v) is 15.9. The molecule has 0 saturated carbocycles. The molecule has 1 aliphatic rings. The van der Waals surface area contributed by atoms with Gasteiger partial charge in [0, 0.05) is 44.3 Å². The third kappa shape index (κ3) is 4.37. The van der Waals surface area contributed by atoms with Crippen LogP contribution in [0.25, 0.3) is 0 Å². The first kappa shape index (κ1) is 18.5. The van der Waals surface area contributed by atoms with Gasteiger partial charge >= 0.3 is 5.97 Å². The molecule has 10 nitrogen and oxygen atoms in total. The average Bonchev–Trinajstić information content (AvgIpc) is 2.80. The second-order valence-corrected chi connectivity index (χ2v) is 6.36. The number of aromatic nitrogens is 5. The molecule has 0 radical (unpaired) electrons. The fourth-order valence-corrected chi connectivity index (χ4v) is 3.00. The summed E-state index contributed by atoms with van der Waals surface area (Å²) in [6.45, 7) is 3.05. The molecule has 0 atom stereocenters. The van der Waals surface area contributed by atoms with Crippen molar-refractivity contribution in [2.75, 3.05) is 48.4 Å². The summed E-state index contributed by atoms with van der Waals surface area (Å²) in [6.07, 6.45) is 5.05. The highest BCUT2D eigenvalue weighted by molar-refractivity contribution is 5.89. The molecule has 0 spiro atoms. The number of carbonyl (C=O) groups is 1. The molecular formula is C19H20N8O2. The lowest BCUT2D eigenvalue weighted by Gasteiger charge is -2.34. The second-order valence-electron chi connectivity index (χ2n) is 6.36. The number of benzene rings is 1. The number of ether oxygens (including phenoxy) is 1. The maximum atomic E-state index is 11.5. The van der Waals surface area contributed by atoms with Crippen LogP contribution in [0.4, 0.5) is 23.4 Å². The zero-order valence-electron chi connectivity index (χ0n) is 15.9. The highest BCUT2D eigenvalue weighted by atomic mass is 16.5. The Labute approximate surface area is 167 Å². The third-order valence-corrected chi connectivity index (χ3v) is 4.52.